The van der Waals surface area contributed by atoms with E-state index in [9.17, 15) is 0 Å². The molecule has 0 aliphatic carbocycles. The monoisotopic (exact) mass is 364 g/mol. The predicted molar refractivity (Wildman–Crippen MR) is 111 cm³/mol. The third-order valence-electron chi connectivity index (χ3n) is 4.19. The Balaban J connectivity index is 1.97. The summed E-state index contributed by atoms with van der Waals surface area (Å²) in [5, 5.41) is 4.06. The number of ether oxygens (including phenoxy) is 2. The second kappa shape index (κ2) is 9.64. The smallest absolute Gasteiger partial charge is 0.0784 e. The van der Waals surface area contributed by atoms with Crippen LogP contribution in [-0.4, -0.2) is 19.8 Å². The van der Waals surface area contributed by atoms with Crippen molar-refractivity contribution in [1.29, 1.82) is 0 Å². The second-order valence-electron chi connectivity index (χ2n) is 6.21. The van der Waals surface area contributed by atoms with E-state index < -0.39 is 7.92 Å². The molecule has 0 heterocycles. The molecule has 0 saturated carbocycles. The lowest BCUT2D eigenvalue weighted by Crippen LogP contribution is -2.24. The standard InChI is InChI=1S/C23H25O2P/c1-19(17-24-2)25-18-20-11-9-10-16-23(20)26(21-12-5-3-6-13-21)22-14-7-4-8-15-22/h3-16,19H,17-18H2,1-2H3/t19-/m0/s1. The minimum Gasteiger partial charge on any atom is -0.382 e. The van der Waals surface area contributed by atoms with Crippen LogP contribution in [0.5, 0.6) is 0 Å². The summed E-state index contributed by atoms with van der Waals surface area (Å²) in [6.07, 6.45) is 0.0766. The zero-order valence-corrected chi connectivity index (χ0v) is 16.2. The van der Waals surface area contributed by atoms with Crippen molar-refractivity contribution in [3.05, 3.63) is 90.5 Å². The number of benzene rings is 3. The third kappa shape index (κ3) is 4.80. The zero-order valence-electron chi connectivity index (χ0n) is 15.3. The molecule has 0 spiro atoms. The first-order valence-electron chi connectivity index (χ1n) is 8.88. The van der Waals surface area contributed by atoms with Gasteiger partial charge in [-0.2, -0.15) is 0 Å². The summed E-state index contributed by atoms with van der Waals surface area (Å²) in [5.74, 6) is 0. The Hall–Kier alpha value is -1.99. The molecule has 0 unspecified atom stereocenters. The first-order chi connectivity index (χ1) is 12.8. The minimum atomic E-state index is -0.617. The summed E-state index contributed by atoms with van der Waals surface area (Å²) in [7, 11) is 1.09. The molecular weight excluding hydrogens is 339 g/mol. The fourth-order valence-electron chi connectivity index (χ4n) is 2.95. The van der Waals surface area contributed by atoms with Gasteiger partial charge in [0.25, 0.3) is 0 Å². The summed E-state index contributed by atoms with van der Waals surface area (Å²) in [4.78, 5) is 0. The van der Waals surface area contributed by atoms with Crippen LogP contribution < -0.4 is 15.9 Å². The Morgan fingerprint density at radius 2 is 1.31 bits per heavy atom. The average Bonchev–Trinajstić information content (AvgIpc) is 2.69. The van der Waals surface area contributed by atoms with Crippen LogP contribution in [0.25, 0.3) is 0 Å². The van der Waals surface area contributed by atoms with Crippen LogP contribution in [0.3, 0.4) is 0 Å². The molecule has 3 aromatic rings. The normalized spacial score (nSPS) is 12.3. The largest absolute Gasteiger partial charge is 0.382 e. The first-order valence-corrected chi connectivity index (χ1v) is 10.2. The second-order valence-corrected chi connectivity index (χ2v) is 8.40. The highest BCUT2D eigenvalue weighted by Crippen LogP contribution is 2.34. The van der Waals surface area contributed by atoms with E-state index in [1.54, 1.807) is 7.11 Å². The molecular formula is C23H25O2P. The lowest BCUT2D eigenvalue weighted by atomic mass is 10.2. The molecule has 0 bridgehead atoms. The quantitative estimate of drug-likeness (QED) is 0.563. The van der Waals surface area contributed by atoms with Gasteiger partial charge < -0.3 is 9.47 Å². The Morgan fingerprint density at radius 1 is 0.769 bits per heavy atom. The molecule has 0 saturated heterocycles. The number of hydrogen-bond acceptors (Lipinski definition) is 2. The van der Waals surface area contributed by atoms with Gasteiger partial charge in [-0.3, -0.25) is 0 Å². The topological polar surface area (TPSA) is 18.5 Å². The molecule has 0 aromatic heterocycles. The molecule has 0 fully saturated rings. The van der Waals surface area contributed by atoms with Crippen molar-refractivity contribution in [2.24, 2.45) is 0 Å². The lowest BCUT2D eigenvalue weighted by molar-refractivity contribution is 0.000171. The maximum atomic E-state index is 6.02. The van der Waals surface area contributed by atoms with Gasteiger partial charge in [0.05, 0.1) is 19.3 Å². The Morgan fingerprint density at radius 3 is 1.88 bits per heavy atom. The van der Waals surface area contributed by atoms with Crippen molar-refractivity contribution in [3.8, 4) is 0 Å². The van der Waals surface area contributed by atoms with E-state index in [2.05, 4.69) is 84.9 Å². The Kier molecular flexibility index (Phi) is 6.96. The molecule has 0 aliphatic rings. The van der Waals surface area contributed by atoms with E-state index in [-0.39, 0.29) is 6.10 Å². The predicted octanol–water partition coefficient (Wildman–Crippen LogP) is 4.00. The average molecular weight is 364 g/mol. The molecule has 3 aromatic carbocycles. The van der Waals surface area contributed by atoms with Gasteiger partial charge in [0.15, 0.2) is 0 Å². The van der Waals surface area contributed by atoms with Crippen LogP contribution in [-0.2, 0) is 16.1 Å². The number of hydrogen-bond donors (Lipinski definition) is 0. The molecule has 3 heteroatoms. The highest BCUT2D eigenvalue weighted by atomic mass is 31.1. The SMILES string of the molecule is COC[C@H](C)OCc1ccccc1P(c1ccccc1)c1ccccc1. The summed E-state index contributed by atoms with van der Waals surface area (Å²) in [6, 6.07) is 30.2. The summed E-state index contributed by atoms with van der Waals surface area (Å²) in [6.45, 7) is 3.25. The first kappa shape index (κ1) is 18.8. The van der Waals surface area contributed by atoms with E-state index >= 15 is 0 Å². The van der Waals surface area contributed by atoms with Gasteiger partial charge in [0.1, 0.15) is 0 Å². The molecule has 0 aliphatic heterocycles. The van der Waals surface area contributed by atoms with Gasteiger partial charge in [-0.1, -0.05) is 84.9 Å². The van der Waals surface area contributed by atoms with Gasteiger partial charge in [-0.15, -0.1) is 0 Å². The van der Waals surface area contributed by atoms with Crippen molar-refractivity contribution >= 4 is 23.8 Å². The molecule has 0 radical (unpaired) electrons. The van der Waals surface area contributed by atoms with Crippen LogP contribution in [0.4, 0.5) is 0 Å². The molecule has 3 rings (SSSR count). The fourth-order valence-corrected chi connectivity index (χ4v) is 5.40. The maximum Gasteiger partial charge on any atom is 0.0784 e. The van der Waals surface area contributed by atoms with E-state index in [1.807, 2.05) is 6.92 Å². The molecule has 0 N–H and O–H groups in total. The van der Waals surface area contributed by atoms with Gasteiger partial charge in [0.2, 0.25) is 0 Å². The van der Waals surface area contributed by atoms with E-state index in [4.69, 9.17) is 9.47 Å². The number of rotatable bonds is 8. The van der Waals surface area contributed by atoms with Crippen LogP contribution in [0.1, 0.15) is 12.5 Å². The molecule has 2 nitrogen and oxygen atoms in total. The van der Waals surface area contributed by atoms with Crippen LogP contribution >= 0.6 is 7.92 Å². The molecule has 134 valence electrons. The van der Waals surface area contributed by atoms with Crippen molar-refractivity contribution in [2.45, 2.75) is 19.6 Å². The van der Waals surface area contributed by atoms with Crippen LogP contribution in [0.2, 0.25) is 0 Å². The third-order valence-corrected chi connectivity index (χ3v) is 6.73. The van der Waals surface area contributed by atoms with Crippen molar-refractivity contribution < 1.29 is 9.47 Å². The maximum absolute atomic E-state index is 6.02. The highest BCUT2D eigenvalue weighted by molar-refractivity contribution is 7.79. The van der Waals surface area contributed by atoms with E-state index in [0.717, 1.165) is 0 Å². The Bertz CT molecular complexity index is 750. The van der Waals surface area contributed by atoms with E-state index in [0.29, 0.717) is 13.2 Å². The molecule has 0 amide bonds. The van der Waals surface area contributed by atoms with E-state index in [1.165, 1.54) is 21.5 Å². The van der Waals surface area contributed by atoms with Gasteiger partial charge in [0, 0.05) is 7.11 Å². The number of methoxy groups -OCH3 is 1. The molecule has 1 atom stereocenters. The zero-order chi connectivity index (χ0) is 18.2. The van der Waals surface area contributed by atoms with Crippen LogP contribution in [0, 0.1) is 0 Å². The van der Waals surface area contributed by atoms with Gasteiger partial charge in [-0.05, 0) is 36.3 Å². The summed E-state index contributed by atoms with van der Waals surface area (Å²) >= 11 is 0. The highest BCUT2D eigenvalue weighted by Gasteiger charge is 2.19. The minimum absolute atomic E-state index is 0.0766. The summed E-state index contributed by atoms with van der Waals surface area (Å²) in [5.41, 5.74) is 1.24. The van der Waals surface area contributed by atoms with Crippen LogP contribution in [0.15, 0.2) is 84.9 Å². The summed E-state index contributed by atoms with van der Waals surface area (Å²) < 4.78 is 11.2. The van der Waals surface area contributed by atoms with Gasteiger partial charge >= 0.3 is 0 Å². The molecule has 26 heavy (non-hydrogen) atoms. The Labute approximate surface area is 157 Å². The fraction of sp³-hybridized carbons (Fsp3) is 0.217. The lowest BCUT2D eigenvalue weighted by Gasteiger charge is -2.23. The van der Waals surface area contributed by atoms with Gasteiger partial charge in [-0.25, -0.2) is 0 Å². The van der Waals surface area contributed by atoms with Crippen molar-refractivity contribution in [2.75, 3.05) is 13.7 Å². The van der Waals surface area contributed by atoms with Crippen molar-refractivity contribution in [1.82, 2.24) is 0 Å². The van der Waals surface area contributed by atoms with Crippen molar-refractivity contribution in [3.63, 3.8) is 0 Å².